The second-order valence-corrected chi connectivity index (χ2v) is 6.13. The predicted octanol–water partition coefficient (Wildman–Crippen LogP) is 5.58. The molecule has 1 aliphatic rings. The maximum Gasteiger partial charge on any atom is 0.0539 e. The van der Waals surface area contributed by atoms with Crippen molar-refractivity contribution in [2.75, 3.05) is 6.54 Å². The molecule has 1 aromatic rings. The molecular weight excluding hydrogens is 266 g/mol. The summed E-state index contributed by atoms with van der Waals surface area (Å²) in [7, 11) is 0. The third-order valence-corrected chi connectivity index (χ3v) is 4.58. The second-order valence-electron chi connectivity index (χ2n) is 5.72. The number of hydrogen-bond acceptors (Lipinski definition) is 1. The van der Waals surface area contributed by atoms with Gasteiger partial charge in [0, 0.05) is 5.02 Å². The summed E-state index contributed by atoms with van der Waals surface area (Å²) in [6, 6.07) is 6.62. The molecule has 1 unspecified atom stereocenters. The molecule has 20 heavy (non-hydrogen) atoms. The van der Waals surface area contributed by atoms with Crippen LogP contribution in [0.2, 0.25) is 5.02 Å². The summed E-state index contributed by atoms with van der Waals surface area (Å²) < 4.78 is 0. The van der Waals surface area contributed by atoms with E-state index in [9.17, 15) is 0 Å². The number of allylic oxidation sites excluding steroid dienone is 1. The van der Waals surface area contributed by atoms with Crippen molar-refractivity contribution < 1.29 is 0 Å². The molecule has 0 radical (unpaired) electrons. The van der Waals surface area contributed by atoms with Crippen LogP contribution in [0.5, 0.6) is 0 Å². The van der Waals surface area contributed by atoms with E-state index in [2.05, 4.69) is 37.4 Å². The first-order valence-corrected chi connectivity index (χ1v) is 8.29. The lowest BCUT2D eigenvalue weighted by molar-refractivity contribution is 0.565. The van der Waals surface area contributed by atoms with E-state index in [-0.39, 0.29) is 0 Å². The molecule has 1 nitrogen and oxygen atoms in total. The molecule has 1 N–H and O–H groups in total. The summed E-state index contributed by atoms with van der Waals surface area (Å²) in [4.78, 5) is 0. The normalized spacial score (nSPS) is 17.4. The highest BCUT2D eigenvalue weighted by molar-refractivity contribution is 6.31. The molecule has 1 aliphatic carbocycles. The van der Waals surface area contributed by atoms with Gasteiger partial charge >= 0.3 is 0 Å². The third kappa shape index (κ3) is 3.86. The van der Waals surface area contributed by atoms with Gasteiger partial charge in [-0.15, -0.1) is 0 Å². The van der Waals surface area contributed by atoms with Crippen molar-refractivity contribution in [3.63, 3.8) is 0 Å². The summed E-state index contributed by atoms with van der Waals surface area (Å²) >= 11 is 6.32. The zero-order chi connectivity index (χ0) is 14.4. The highest BCUT2D eigenvalue weighted by Gasteiger charge is 2.19. The predicted molar refractivity (Wildman–Crippen MR) is 88.4 cm³/mol. The average molecular weight is 292 g/mol. The summed E-state index contributed by atoms with van der Waals surface area (Å²) in [5, 5.41) is 4.60. The van der Waals surface area contributed by atoms with Crippen LogP contribution in [0.15, 0.2) is 29.8 Å². The van der Waals surface area contributed by atoms with Gasteiger partial charge in [0.25, 0.3) is 0 Å². The van der Waals surface area contributed by atoms with Gasteiger partial charge in [0.1, 0.15) is 0 Å². The topological polar surface area (TPSA) is 12.0 Å². The van der Waals surface area contributed by atoms with E-state index >= 15 is 0 Å². The van der Waals surface area contributed by atoms with Crippen molar-refractivity contribution in [2.45, 2.75) is 58.4 Å². The van der Waals surface area contributed by atoms with Gasteiger partial charge in [0.2, 0.25) is 0 Å². The van der Waals surface area contributed by atoms with Crippen LogP contribution in [0, 0.1) is 6.92 Å². The van der Waals surface area contributed by atoms with E-state index in [1.54, 1.807) is 5.57 Å². The van der Waals surface area contributed by atoms with E-state index in [0.29, 0.717) is 6.04 Å². The fourth-order valence-electron chi connectivity index (χ4n) is 2.97. The Morgan fingerprint density at radius 3 is 2.90 bits per heavy atom. The monoisotopic (exact) mass is 291 g/mol. The van der Waals surface area contributed by atoms with Gasteiger partial charge in [0.05, 0.1) is 6.04 Å². The Balaban J connectivity index is 2.30. The van der Waals surface area contributed by atoms with Gasteiger partial charge in [0.15, 0.2) is 0 Å². The molecule has 0 saturated carbocycles. The number of benzene rings is 1. The van der Waals surface area contributed by atoms with E-state index in [0.717, 1.165) is 18.0 Å². The maximum absolute atomic E-state index is 6.32. The number of hydrogen-bond donors (Lipinski definition) is 1. The van der Waals surface area contributed by atoms with Crippen LogP contribution in [0.25, 0.3) is 0 Å². The van der Waals surface area contributed by atoms with Gasteiger partial charge in [-0.2, -0.15) is 0 Å². The fraction of sp³-hybridized carbons (Fsp3) is 0.556. The van der Waals surface area contributed by atoms with Crippen molar-refractivity contribution >= 4 is 11.6 Å². The third-order valence-electron chi connectivity index (χ3n) is 4.17. The Hall–Kier alpha value is -0.790. The van der Waals surface area contributed by atoms with Crippen molar-refractivity contribution in [3.8, 4) is 0 Å². The zero-order valence-corrected chi connectivity index (χ0v) is 13.5. The molecule has 0 heterocycles. The van der Waals surface area contributed by atoms with E-state index < -0.39 is 0 Å². The van der Waals surface area contributed by atoms with Crippen LogP contribution in [-0.4, -0.2) is 6.54 Å². The molecule has 0 fully saturated rings. The molecule has 2 heteroatoms. The second kappa shape index (κ2) is 7.85. The highest BCUT2D eigenvalue weighted by atomic mass is 35.5. The van der Waals surface area contributed by atoms with Crippen LogP contribution in [0.4, 0.5) is 0 Å². The Morgan fingerprint density at radius 1 is 1.25 bits per heavy atom. The molecule has 0 amide bonds. The van der Waals surface area contributed by atoms with Gasteiger partial charge in [-0.3, -0.25) is 0 Å². The molecule has 1 aromatic carbocycles. The largest absolute Gasteiger partial charge is 0.307 e. The molecule has 0 saturated heterocycles. The van der Waals surface area contributed by atoms with Crippen molar-refractivity contribution in [2.24, 2.45) is 0 Å². The highest BCUT2D eigenvalue weighted by Crippen LogP contribution is 2.33. The van der Waals surface area contributed by atoms with Crippen LogP contribution >= 0.6 is 11.6 Å². The van der Waals surface area contributed by atoms with Crippen LogP contribution in [0.1, 0.15) is 62.6 Å². The summed E-state index contributed by atoms with van der Waals surface area (Å²) in [5.74, 6) is 0. The number of rotatable bonds is 5. The Bertz CT molecular complexity index is 464. The van der Waals surface area contributed by atoms with Crippen LogP contribution in [-0.2, 0) is 0 Å². The van der Waals surface area contributed by atoms with Crippen LogP contribution < -0.4 is 5.32 Å². The van der Waals surface area contributed by atoms with Crippen molar-refractivity contribution in [1.82, 2.24) is 5.32 Å². The van der Waals surface area contributed by atoms with Gasteiger partial charge in [-0.1, -0.05) is 48.7 Å². The van der Waals surface area contributed by atoms with E-state index in [4.69, 9.17) is 11.6 Å². The van der Waals surface area contributed by atoms with Gasteiger partial charge in [-0.05, 0) is 62.8 Å². The number of halogens is 1. The van der Waals surface area contributed by atoms with Crippen molar-refractivity contribution in [3.05, 3.63) is 46.0 Å². The minimum atomic E-state index is 0.340. The van der Waals surface area contributed by atoms with Crippen molar-refractivity contribution in [1.29, 1.82) is 0 Å². The minimum absolute atomic E-state index is 0.340. The van der Waals surface area contributed by atoms with E-state index in [1.165, 1.54) is 43.2 Å². The Labute approximate surface area is 128 Å². The van der Waals surface area contributed by atoms with Crippen LogP contribution in [0.3, 0.4) is 0 Å². The Kier molecular flexibility index (Phi) is 6.12. The molecule has 0 bridgehead atoms. The molecule has 110 valence electrons. The molecule has 1 atom stereocenters. The standard InChI is InChI=1S/C18H26ClN/c1-3-13-20-18(15-9-6-4-5-7-10-15)16-11-8-12-17(19)14(16)2/h8-9,11-12,18,20H,3-7,10,13H2,1-2H3. The van der Waals surface area contributed by atoms with Gasteiger partial charge < -0.3 is 5.32 Å². The lowest BCUT2D eigenvalue weighted by atomic mass is 9.92. The smallest absolute Gasteiger partial charge is 0.0539 e. The first-order valence-electron chi connectivity index (χ1n) is 7.91. The minimum Gasteiger partial charge on any atom is -0.307 e. The first-order chi connectivity index (χ1) is 9.74. The first kappa shape index (κ1) is 15.6. The zero-order valence-electron chi connectivity index (χ0n) is 12.7. The maximum atomic E-state index is 6.32. The van der Waals surface area contributed by atoms with E-state index in [1.807, 2.05) is 6.07 Å². The van der Waals surface area contributed by atoms with Gasteiger partial charge in [-0.25, -0.2) is 0 Å². The summed E-state index contributed by atoms with van der Waals surface area (Å²) in [6.07, 6.45) is 10.1. The lowest BCUT2D eigenvalue weighted by Gasteiger charge is -2.24. The Morgan fingerprint density at radius 2 is 2.10 bits per heavy atom. The lowest BCUT2D eigenvalue weighted by Crippen LogP contribution is -2.24. The summed E-state index contributed by atoms with van der Waals surface area (Å²) in [6.45, 7) is 5.40. The average Bonchev–Trinajstić information content (AvgIpc) is 2.73. The number of nitrogens with one attached hydrogen (secondary N) is 1. The molecule has 2 rings (SSSR count). The fourth-order valence-corrected chi connectivity index (χ4v) is 3.15. The summed E-state index contributed by atoms with van der Waals surface area (Å²) in [5.41, 5.74) is 4.12. The molecule has 0 spiro atoms. The molecule has 0 aromatic heterocycles. The molecular formula is C18H26ClN. The quantitative estimate of drug-likeness (QED) is 0.698. The SMILES string of the molecule is CCCNC(C1=CCCCCC1)c1cccc(Cl)c1C. The molecule has 0 aliphatic heterocycles.